The maximum Gasteiger partial charge on any atom is 0.227 e. The van der Waals surface area contributed by atoms with Crippen molar-refractivity contribution in [2.24, 2.45) is 0 Å². The number of likely N-dealkylation sites (tertiary alicyclic amines) is 1. The number of anilines is 1. The zero-order valence-corrected chi connectivity index (χ0v) is 17.9. The number of aromatic nitrogens is 4. The van der Waals surface area contributed by atoms with E-state index in [0.29, 0.717) is 30.6 Å². The summed E-state index contributed by atoms with van der Waals surface area (Å²) in [7, 11) is 3.75. The predicted octanol–water partition coefficient (Wildman–Crippen LogP) is 3.34. The Kier molecular flexibility index (Phi) is 5.92. The van der Waals surface area contributed by atoms with Gasteiger partial charge in [0.05, 0.1) is 11.7 Å². The van der Waals surface area contributed by atoms with Crippen molar-refractivity contribution in [3.05, 3.63) is 53.7 Å². The van der Waals surface area contributed by atoms with E-state index in [2.05, 4.69) is 15.1 Å². The summed E-state index contributed by atoms with van der Waals surface area (Å²) in [6, 6.07) is 6.10. The van der Waals surface area contributed by atoms with Crippen molar-refractivity contribution < 1.29 is 13.7 Å². The molecule has 1 aliphatic rings. The van der Waals surface area contributed by atoms with E-state index in [1.807, 2.05) is 23.9 Å². The van der Waals surface area contributed by atoms with Crippen molar-refractivity contribution in [3.63, 3.8) is 0 Å². The van der Waals surface area contributed by atoms with Gasteiger partial charge in [-0.2, -0.15) is 4.98 Å². The first-order valence-electron chi connectivity index (χ1n) is 10.3. The number of amides is 1. The second-order valence-corrected chi connectivity index (χ2v) is 7.85. The molecule has 0 spiro atoms. The Bertz CT molecular complexity index is 1070. The number of aryl methyl sites for hydroxylation is 2. The minimum absolute atomic E-state index is 0.0217. The summed E-state index contributed by atoms with van der Waals surface area (Å²) in [5, 5.41) is 3.77. The first-order valence-corrected chi connectivity index (χ1v) is 10.3. The quantitative estimate of drug-likeness (QED) is 0.600. The number of hydrogen-bond acceptors (Lipinski definition) is 7. The molecule has 1 aliphatic heterocycles. The van der Waals surface area contributed by atoms with Gasteiger partial charge in [0, 0.05) is 45.2 Å². The predicted molar refractivity (Wildman–Crippen MR) is 113 cm³/mol. The first kappa shape index (κ1) is 20.9. The van der Waals surface area contributed by atoms with Gasteiger partial charge in [-0.15, -0.1) is 0 Å². The zero-order chi connectivity index (χ0) is 22.0. The van der Waals surface area contributed by atoms with E-state index in [0.717, 1.165) is 29.7 Å². The number of rotatable bonds is 6. The maximum absolute atomic E-state index is 13.5. The molecule has 0 saturated carbocycles. The normalized spacial score (nSPS) is 16.0. The van der Waals surface area contributed by atoms with Gasteiger partial charge in [-0.3, -0.25) is 4.79 Å². The monoisotopic (exact) mass is 424 g/mol. The minimum atomic E-state index is -0.301. The van der Waals surface area contributed by atoms with Gasteiger partial charge in [0.15, 0.2) is 5.82 Å². The molecular weight excluding hydrogens is 399 g/mol. The lowest BCUT2D eigenvalue weighted by atomic mass is 9.99. The summed E-state index contributed by atoms with van der Waals surface area (Å²) < 4.78 is 18.6. The average molecular weight is 424 g/mol. The molecule has 2 aromatic heterocycles. The zero-order valence-electron chi connectivity index (χ0n) is 17.9. The maximum atomic E-state index is 13.5. The molecule has 0 radical (unpaired) electrons. The number of hydrogen-bond donors (Lipinski definition) is 0. The number of halogens is 1. The number of carbonyl (C=O) groups is 1. The van der Waals surface area contributed by atoms with E-state index < -0.39 is 0 Å². The molecule has 31 heavy (non-hydrogen) atoms. The fourth-order valence-electron chi connectivity index (χ4n) is 3.86. The average Bonchev–Trinajstić information content (AvgIpc) is 3.41. The summed E-state index contributed by atoms with van der Waals surface area (Å²) >= 11 is 0. The summed E-state index contributed by atoms with van der Waals surface area (Å²) in [4.78, 5) is 30.2. The van der Waals surface area contributed by atoms with E-state index in [1.54, 1.807) is 25.3 Å². The van der Waals surface area contributed by atoms with Crippen molar-refractivity contribution in [2.75, 3.05) is 25.5 Å². The lowest BCUT2D eigenvalue weighted by molar-refractivity contribution is -0.132. The molecule has 1 saturated heterocycles. The van der Waals surface area contributed by atoms with Gasteiger partial charge in [-0.05, 0) is 37.5 Å². The van der Waals surface area contributed by atoms with Crippen LogP contribution in [0.2, 0.25) is 0 Å². The molecular formula is C22H25FN6O2. The van der Waals surface area contributed by atoms with E-state index in [-0.39, 0.29) is 24.2 Å². The Hall–Kier alpha value is -3.36. The van der Waals surface area contributed by atoms with Crippen molar-refractivity contribution in [3.8, 4) is 11.1 Å². The molecule has 4 rings (SSSR count). The highest BCUT2D eigenvalue weighted by Gasteiger charge is 2.33. The van der Waals surface area contributed by atoms with Crippen molar-refractivity contribution in [1.29, 1.82) is 0 Å². The fraction of sp³-hybridized carbons (Fsp3) is 0.409. The van der Waals surface area contributed by atoms with Crippen LogP contribution >= 0.6 is 0 Å². The van der Waals surface area contributed by atoms with Crippen LogP contribution in [-0.2, 0) is 11.2 Å². The van der Waals surface area contributed by atoms with Crippen molar-refractivity contribution in [1.82, 2.24) is 25.0 Å². The molecule has 0 unspecified atom stereocenters. The van der Waals surface area contributed by atoms with Gasteiger partial charge in [0.2, 0.25) is 17.7 Å². The third-order valence-corrected chi connectivity index (χ3v) is 5.37. The lowest BCUT2D eigenvalue weighted by Crippen LogP contribution is -2.32. The van der Waals surface area contributed by atoms with Crippen molar-refractivity contribution in [2.45, 2.75) is 38.6 Å². The van der Waals surface area contributed by atoms with Gasteiger partial charge in [0.1, 0.15) is 5.82 Å². The van der Waals surface area contributed by atoms with Crippen molar-refractivity contribution >= 4 is 11.9 Å². The number of benzene rings is 1. The molecule has 1 amide bonds. The molecule has 0 aliphatic carbocycles. The van der Waals surface area contributed by atoms with Crippen LogP contribution in [0.3, 0.4) is 0 Å². The molecule has 8 nitrogen and oxygen atoms in total. The Morgan fingerprint density at radius 2 is 2.03 bits per heavy atom. The molecule has 3 aromatic rings. The minimum Gasteiger partial charge on any atom is -0.347 e. The Morgan fingerprint density at radius 3 is 2.71 bits per heavy atom. The molecule has 3 heterocycles. The van der Waals surface area contributed by atoms with Crippen LogP contribution in [0.25, 0.3) is 11.1 Å². The van der Waals surface area contributed by atoms with Gasteiger partial charge >= 0.3 is 0 Å². The number of nitrogens with zero attached hydrogens (tertiary/aromatic N) is 6. The van der Waals surface area contributed by atoms with E-state index >= 15 is 0 Å². The van der Waals surface area contributed by atoms with E-state index in [1.165, 1.54) is 12.1 Å². The Labute approximate surface area is 180 Å². The van der Waals surface area contributed by atoms with Crippen LogP contribution < -0.4 is 4.90 Å². The SMILES string of the molecule is Cc1noc(CCC(=O)N2CCC[C@@H]2c2nc(N(C)C)ncc2-c2ccc(F)cc2)n1. The number of carbonyl (C=O) groups excluding carboxylic acids is 1. The molecule has 1 fully saturated rings. The van der Waals surface area contributed by atoms with Crippen LogP contribution in [-0.4, -0.2) is 51.6 Å². The highest BCUT2D eigenvalue weighted by molar-refractivity contribution is 5.78. The van der Waals surface area contributed by atoms with Crippen LogP contribution in [0.1, 0.15) is 42.7 Å². The largest absolute Gasteiger partial charge is 0.347 e. The van der Waals surface area contributed by atoms with Gasteiger partial charge in [0.25, 0.3) is 0 Å². The van der Waals surface area contributed by atoms with Gasteiger partial charge in [-0.25, -0.2) is 14.4 Å². The third kappa shape index (κ3) is 4.55. The molecule has 0 bridgehead atoms. The van der Waals surface area contributed by atoms with E-state index in [9.17, 15) is 9.18 Å². The molecule has 1 aromatic carbocycles. The van der Waals surface area contributed by atoms with Crippen LogP contribution in [0, 0.1) is 12.7 Å². The van der Waals surface area contributed by atoms with E-state index in [4.69, 9.17) is 9.51 Å². The molecule has 162 valence electrons. The second-order valence-electron chi connectivity index (χ2n) is 7.85. The van der Waals surface area contributed by atoms with Gasteiger partial charge < -0.3 is 14.3 Å². The Morgan fingerprint density at radius 1 is 1.26 bits per heavy atom. The summed E-state index contributed by atoms with van der Waals surface area (Å²) in [5.74, 6) is 1.31. The molecule has 1 atom stereocenters. The van der Waals surface area contributed by atoms with Crippen LogP contribution in [0.15, 0.2) is 35.0 Å². The highest BCUT2D eigenvalue weighted by Crippen LogP contribution is 2.37. The third-order valence-electron chi connectivity index (χ3n) is 5.37. The first-order chi connectivity index (χ1) is 14.9. The topological polar surface area (TPSA) is 88.3 Å². The fourth-order valence-corrected chi connectivity index (χ4v) is 3.86. The molecule has 0 N–H and O–H groups in total. The highest BCUT2D eigenvalue weighted by atomic mass is 19.1. The molecule has 9 heteroatoms. The van der Waals surface area contributed by atoms with Crippen LogP contribution in [0.4, 0.5) is 10.3 Å². The standard InChI is InChI=1S/C22H25FN6O2/c1-14-25-19(31-27-14)10-11-20(30)29-12-4-5-18(29)21-17(13-24-22(26-21)28(2)3)15-6-8-16(23)9-7-15/h6-9,13,18H,4-5,10-12H2,1-3H3/t18-/m1/s1. The summed E-state index contributed by atoms with van der Waals surface area (Å²) in [6.07, 6.45) is 4.15. The summed E-state index contributed by atoms with van der Waals surface area (Å²) in [6.45, 7) is 2.41. The van der Waals surface area contributed by atoms with Gasteiger partial charge in [-0.1, -0.05) is 17.3 Å². The smallest absolute Gasteiger partial charge is 0.227 e. The summed E-state index contributed by atoms with van der Waals surface area (Å²) in [5.41, 5.74) is 2.41. The second kappa shape index (κ2) is 8.79. The lowest BCUT2D eigenvalue weighted by Gasteiger charge is -2.27. The van der Waals surface area contributed by atoms with Crippen LogP contribution in [0.5, 0.6) is 0 Å². The Balaban J connectivity index is 1.63.